The molecular formula is C14H21NO3Si. The number of hydrogen-bond donors (Lipinski definition) is 1. The van der Waals surface area contributed by atoms with Gasteiger partial charge in [-0.2, -0.15) is 0 Å². The predicted octanol–water partition coefficient (Wildman–Crippen LogP) is 2.11. The van der Waals surface area contributed by atoms with Gasteiger partial charge in [0.15, 0.2) is 0 Å². The molecule has 1 aromatic carbocycles. The van der Waals surface area contributed by atoms with Crippen LogP contribution in [0.1, 0.15) is 12.5 Å². The molecule has 104 valence electrons. The van der Waals surface area contributed by atoms with Gasteiger partial charge in [0.25, 0.3) is 0 Å². The van der Waals surface area contributed by atoms with Gasteiger partial charge in [0, 0.05) is 13.3 Å². The molecule has 1 N–H and O–H groups in total. The van der Waals surface area contributed by atoms with E-state index in [1.807, 2.05) is 50.0 Å². The topological polar surface area (TPSA) is 55.4 Å². The normalized spacial score (nSPS) is 12.6. The Morgan fingerprint density at radius 2 is 1.79 bits per heavy atom. The molecule has 19 heavy (non-hydrogen) atoms. The molecule has 1 unspecified atom stereocenters. The summed E-state index contributed by atoms with van der Waals surface area (Å²) in [5.41, 5.74) is 0.994. The van der Waals surface area contributed by atoms with Crippen LogP contribution in [0.4, 0.5) is 0 Å². The molecule has 0 aliphatic rings. The molecule has 4 nitrogen and oxygen atoms in total. The van der Waals surface area contributed by atoms with E-state index in [1.54, 1.807) is 0 Å². The molecule has 1 rings (SSSR count). The maximum atomic E-state index is 12.1. The fourth-order valence-corrected chi connectivity index (χ4v) is 2.41. The molecule has 0 spiro atoms. The second-order valence-electron chi connectivity index (χ2n) is 5.48. The first-order valence-corrected chi connectivity index (χ1v) is 9.72. The Bertz CT molecular complexity index is 440. The standard InChI is InChI=1S/C14H21NO3Si/c1-11(16)15-13(14(17)18-19(2,3)4)10-12-8-6-5-7-9-12/h5-9,13H,10H2,1-4H3,(H,15,16). The largest absolute Gasteiger partial charge is 0.518 e. The van der Waals surface area contributed by atoms with Crippen LogP contribution in [0.3, 0.4) is 0 Å². The Morgan fingerprint density at radius 3 is 2.26 bits per heavy atom. The van der Waals surface area contributed by atoms with Crippen molar-refractivity contribution in [2.24, 2.45) is 0 Å². The number of carbonyl (C=O) groups is 2. The van der Waals surface area contributed by atoms with Crippen LogP contribution in [-0.4, -0.2) is 26.2 Å². The smallest absolute Gasteiger partial charge is 0.315 e. The predicted molar refractivity (Wildman–Crippen MR) is 77.2 cm³/mol. The van der Waals surface area contributed by atoms with Crippen molar-refractivity contribution in [1.29, 1.82) is 0 Å². The molecule has 5 heteroatoms. The minimum absolute atomic E-state index is 0.228. The highest BCUT2D eigenvalue weighted by molar-refractivity contribution is 6.71. The minimum Gasteiger partial charge on any atom is -0.518 e. The average Bonchev–Trinajstić information content (AvgIpc) is 2.26. The number of amides is 1. The first-order valence-electron chi connectivity index (χ1n) is 6.32. The van der Waals surface area contributed by atoms with Crippen molar-refractivity contribution >= 4 is 20.2 Å². The quantitative estimate of drug-likeness (QED) is 0.840. The fraction of sp³-hybridized carbons (Fsp3) is 0.429. The summed E-state index contributed by atoms with van der Waals surface area (Å²) in [4.78, 5) is 23.3. The number of benzene rings is 1. The van der Waals surface area contributed by atoms with E-state index in [0.29, 0.717) is 6.42 Å². The van der Waals surface area contributed by atoms with Gasteiger partial charge in [0.2, 0.25) is 14.2 Å². The molecule has 1 amide bonds. The van der Waals surface area contributed by atoms with E-state index in [-0.39, 0.29) is 11.9 Å². The van der Waals surface area contributed by atoms with Crippen molar-refractivity contribution in [3.8, 4) is 0 Å². The third kappa shape index (κ3) is 6.19. The maximum absolute atomic E-state index is 12.1. The van der Waals surface area contributed by atoms with Crippen molar-refractivity contribution in [2.45, 2.75) is 39.0 Å². The van der Waals surface area contributed by atoms with E-state index in [1.165, 1.54) is 6.92 Å². The SMILES string of the molecule is CC(=O)NC(Cc1ccccc1)C(=O)O[Si](C)(C)C. The van der Waals surface area contributed by atoms with Crippen LogP contribution < -0.4 is 5.32 Å². The van der Waals surface area contributed by atoms with Crippen molar-refractivity contribution in [1.82, 2.24) is 5.32 Å². The zero-order valence-electron chi connectivity index (χ0n) is 11.9. The van der Waals surface area contributed by atoms with E-state index in [9.17, 15) is 9.59 Å². The maximum Gasteiger partial charge on any atom is 0.315 e. The van der Waals surface area contributed by atoms with E-state index in [2.05, 4.69) is 5.32 Å². The molecule has 0 saturated heterocycles. The van der Waals surface area contributed by atoms with Gasteiger partial charge in [-0.15, -0.1) is 0 Å². The van der Waals surface area contributed by atoms with Crippen molar-refractivity contribution < 1.29 is 14.0 Å². The first kappa shape index (κ1) is 15.4. The van der Waals surface area contributed by atoms with Crippen LogP contribution in [0.2, 0.25) is 19.6 Å². The lowest BCUT2D eigenvalue weighted by molar-refractivity contribution is -0.139. The Kier molecular flexibility index (Phi) is 5.29. The zero-order chi connectivity index (χ0) is 14.5. The highest BCUT2D eigenvalue weighted by Gasteiger charge is 2.27. The Balaban J connectivity index is 2.77. The summed E-state index contributed by atoms with van der Waals surface area (Å²) in [7, 11) is -1.95. The van der Waals surface area contributed by atoms with Crippen molar-refractivity contribution in [3.63, 3.8) is 0 Å². The molecule has 0 bridgehead atoms. The van der Waals surface area contributed by atoms with E-state index in [0.717, 1.165) is 5.56 Å². The lowest BCUT2D eigenvalue weighted by atomic mass is 10.1. The number of nitrogens with one attached hydrogen (secondary N) is 1. The molecule has 1 aromatic rings. The summed E-state index contributed by atoms with van der Waals surface area (Å²) in [6, 6.07) is 8.96. The van der Waals surface area contributed by atoms with Gasteiger partial charge in [0.1, 0.15) is 6.04 Å². The van der Waals surface area contributed by atoms with Crippen molar-refractivity contribution in [3.05, 3.63) is 35.9 Å². The second-order valence-corrected chi connectivity index (χ2v) is 9.91. The molecule has 1 atom stereocenters. The highest BCUT2D eigenvalue weighted by Crippen LogP contribution is 2.09. The highest BCUT2D eigenvalue weighted by atomic mass is 28.4. The third-order valence-electron chi connectivity index (χ3n) is 2.35. The summed E-state index contributed by atoms with van der Waals surface area (Å²) in [5, 5.41) is 2.66. The molecule has 0 fully saturated rings. The van der Waals surface area contributed by atoms with Crippen LogP contribution in [0.15, 0.2) is 30.3 Å². The number of carbonyl (C=O) groups excluding carboxylic acids is 2. The molecule has 0 aliphatic carbocycles. The Labute approximate surface area is 115 Å². The van der Waals surface area contributed by atoms with Crippen LogP contribution in [0, 0.1) is 0 Å². The number of rotatable bonds is 5. The fourth-order valence-electron chi connectivity index (χ4n) is 1.66. The third-order valence-corrected chi connectivity index (χ3v) is 3.16. The molecule has 0 saturated carbocycles. The lowest BCUT2D eigenvalue weighted by Gasteiger charge is -2.23. The van der Waals surface area contributed by atoms with Gasteiger partial charge >= 0.3 is 5.97 Å². The molecule has 0 aromatic heterocycles. The van der Waals surface area contributed by atoms with Gasteiger partial charge in [-0.05, 0) is 25.2 Å². The van der Waals surface area contributed by atoms with E-state index in [4.69, 9.17) is 4.43 Å². The van der Waals surface area contributed by atoms with Crippen LogP contribution in [0.25, 0.3) is 0 Å². The van der Waals surface area contributed by atoms with Gasteiger partial charge in [-0.3, -0.25) is 9.59 Å². The van der Waals surface area contributed by atoms with Crippen LogP contribution in [0.5, 0.6) is 0 Å². The molecular weight excluding hydrogens is 258 g/mol. The lowest BCUT2D eigenvalue weighted by Crippen LogP contribution is -2.45. The first-order chi connectivity index (χ1) is 8.78. The summed E-state index contributed by atoms with van der Waals surface area (Å²) < 4.78 is 5.46. The number of hydrogen-bond acceptors (Lipinski definition) is 3. The average molecular weight is 279 g/mol. The second kappa shape index (κ2) is 6.52. The molecule has 0 heterocycles. The van der Waals surface area contributed by atoms with E-state index < -0.39 is 14.4 Å². The zero-order valence-corrected chi connectivity index (χ0v) is 12.9. The summed E-state index contributed by atoms with van der Waals surface area (Å²) in [5.74, 6) is -0.577. The van der Waals surface area contributed by atoms with Gasteiger partial charge in [-0.1, -0.05) is 30.3 Å². The summed E-state index contributed by atoms with van der Waals surface area (Å²) >= 11 is 0. The van der Waals surface area contributed by atoms with Gasteiger partial charge in [-0.25, -0.2) is 0 Å². The summed E-state index contributed by atoms with van der Waals surface area (Å²) in [6.45, 7) is 7.23. The molecule has 0 aliphatic heterocycles. The van der Waals surface area contributed by atoms with Crippen molar-refractivity contribution in [2.75, 3.05) is 0 Å². The molecule has 0 radical (unpaired) electrons. The van der Waals surface area contributed by atoms with Gasteiger partial charge in [0.05, 0.1) is 0 Å². The van der Waals surface area contributed by atoms with Crippen LogP contribution in [-0.2, 0) is 20.4 Å². The monoisotopic (exact) mass is 279 g/mol. The minimum atomic E-state index is -1.95. The summed E-state index contributed by atoms with van der Waals surface area (Å²) in [6.07, 6.45) is 0.448. The van der Waals surface area contributed by atoms with Gasteiger partial charge < -0.3 is 9.74 Å². The van der Waals surface area contributed by atoms with Crippen LogP contribution >= 0.6 is 0 Å². The Hall–Kier alpha value is -1.62. The Morgan fingerprint density at radius 1 is 1.21 bits per heavy atom. The van der Waals surface area contributed by atoms with E-state index >= 15 is 0 Å².